The Kier molecular flexibility index (Phi) is 5.25. The van der Waals surface area contributed by atoms with Gasteiger partial charge in [-0.3, -0.25) is 10.1 Å². The molecule has 0 heterocycles. The van der Waals surface area contributed by atoms with Crippen LogP contribution in [0.4, 0.5) is 16.2 Å². The molecule has 19 heavy (non-hydrogen) atoms. The third-order valence-corrected chi connectivity index (χ3v) is 2.60. The van der Waals surface area contributed by atoms with Crippen LogP contribution in [0, 0.1) is 17.0 Å². The molecule has 7 heteroatoms. The second kappa shape index (κ2) is 6.69. The van der Waals surface area contributed by atoms with Gasteiger partial charge in [-0.25, -0.2) is 4.79 Å². The highest BCUT2D eigenvalue weighted by Gasteiger charge is 2.13. The number of hydrogen-bond donors (Lipinski definition) is 3. The summed E-state index contributed by atoms with van der Waals surface area (Å²) in [6.07, 6.45) is 0.446. The van der Waals surface area contributed by atoms with Gasteiger partial charge in [0.15, 0.2) is 0 Å². The van der Waals surface area contributed by atoms with Crippen LogP contribution in [0.15, 0.2) is 18.2 Å². The summed E-state index contributed by atoms with van der Waals surface area (Å²) in [4.78, 5) is 21.9. The zero-order chi connectivity index (χ0) is 14.4. The Morgan fingerprint density at radius 3 is 2.79 bits per heavy atom. The Labute approximate surface area is 110 Å². The van der Waals surface area contributed by atoms with Crippen molar-refractivity contribution in [2.45, 2.75) is 26.3 Å². The predicted octanol–water partition coefficient (Wildman–Crippen LogP) is 1.80. The van der Waals surface area contributed by atoms with Crippen molar-refractivity contribution in [3.8, 4) is 0 Å². The van der Waals surface area contributed by atoms with Gasteiger partial charge in [0.2, 0.25) is 0 Å². The third-order valence-electron chi connectivity index (χ3n) is 2.60. The lowest BCUT2D eigenvalue weighted by atomic mass is 10.2. The largest absolute Gasteiger partial charge is 0.396 e. The molecule has 0 saturated carbocycles. The van der Waals surface area contributed by atoms with Crippen LogP contribution in [0.25, 0.3) is 0 Å². The van der Waals surface area contributed by atoms with Crippen molar-refractivity contribution in [3.05, 3.63) is 33.9 Å². The third kappa shape index (κ3) is 4.55. The first-order valence-electron chi connectivity index (χ1n) is 5.87. The van der Waals surface area contributed by atoms with Crippen molar-refractivity contribution in [1.29, 1.82) is 0 Å². The number of amides is 2. The molecule has 3 N–H and O–H groups in total. The van der Waals surface area contributed by atoms with Gasteiger partial charge in [-0.15, -0.1) is 0 Å². The molecule has 1 atom stereocenters. The summed E-state index contributed by atoms with van der Waals surface area (Å²) in [6.45, 7) is 3.37. The van der Waals surface area contributed by atoms with Crippen LogP contribution in [-0.2, 0) is 0 Å². The molecular formula is C12H17N3O4. The fourth-order valence-electron chi connectivity index (χ4n) is 1.54. The molecule has 1 aromatic rings. The number of nitrogens with one attached hydrogen (secondary N) is 2. The molecule has 0 aliphatic carbocycles. The summed E-state index contributed by atoms with van der Waals surface area (Å²) < 4.78 is 0. The van der Waals surface area contributed by atoms with E-state index in [4.69, 9.17) is 5.11 Å². The van der Waals surface area contributed by atoms with E-state index in [1.807, 2.05) is 0 Å². The number of nitro benzene ring substituents is 1. The summed E-state index contributed by atoms with van der Waals surface area (Å²) in [6, 6.07) is 3.85. The number of rotatable bonds is 5. The van der Waals surface area contributed by atoms with Gasteiger partial charge in [-0.1, -0.05) is 6.07 Å². The lowest BCUT2D eigenvalue weighted by molar-refractivity contribution is -0.385. The summed E-state index contributed by atoms with van der Waals surface area (Å²) in [5.74, 6) is 0. The lowest BCUT2D eigenvalue weighted by Crippen LogP contribution is -2.36. The molecule has 0 radical (unpaired) electrons. The van der Waals surface area contributed by atoms with E-state index in [9.17, 15) is 14.9 Å². The molecule has 0 aromatic heterocycles. The van der Waals surface area contributed by atoms with Crippen molar-refractivity contribution in [2.75, 3.05) is 11.9 Å². The minimum absolute atomic E-state index is 0.0164. The minimum atomic E-state index is -0.493. The fraction of sp³-hybridized carbons (Fsp3) is 0.417. The highest BCUT2D eigenvalue weighted by molar-refractivity contribution is 5.89. The maximum absolute atomic E-state index is 11.6. The maximum atomic E-state index is 11.6. The number of nitro groups is 1. The molecule has 1 rings (SSSR count). The van der Waals surface area contributed by atoms with Gasteiger partial charge in [-0.05, 0) is 26.3 Å². The summed E-state index contributed by atoms with van der Waals surface area (Å²) in [5, 5.41) is 24.6. The molecule has 0 aliphatic rings. The first kappa shape index (κ1) is 14.9. The van der Waals surface area contributed by atoms with Crippen LogP contribution in [0.3, 0.4) is 0 Å². The molecule has 0 bridgehead atoms. The van der Waals surface area contributed by atoms with Crippen molar-refractivity contribution < 1.29 is 14.8 Å². The predicted molar refractivity (Wildman–Crippen MR) is 71.2 cm³/mol. The van der Waals surface area contributed by atoms with Gasteiger partial charge in [0.1, 0.15) is 0 Å². The van der Waals surface area contributed by atoms with Crippen LogP contribution in [-0.4, -0.2) is 28.7 Å². The molecule has 0 aliphatic heterocycles. The van der Waals surface area contributed by atoms with Crippen LogP contribution in [0.1, 0.15) is 18.9 Å². The van der Waals surface area contributed by atoms with E-state index >= 15 is 0 Å². The first-order valence-corrected chi connectivity index (χ1v) is 5.87. The topological polar surface area (TPSA) is 104 Å². The first-order chi connectivity index (χ1) is 8.93. The van der Waals surface area contributed by atoms with Gasteiger partial charge in [0, 0.05) is 30.0 Å². The number of hydrogen-bond acceptors (Lipinski definition) is 4. The summed E-state index contributed by atoms with van der Waals surface area (Å²) in [5.41, 5.74) is 0.844. The van der Waals surface area contributed by atoms with Crippen LogP contribution in [0.2, 0.25) is 0 Å². The number of aryl methyl sites for hydroxylation is 1. The van der Waals surface area contributed by atoms with Gasteiger partial charge in [0.25, 0.3) is 5.69 Å². The highest BCUT2D eigenvalue weighted by atomic mass is 16.6. The molecule has 0 unspecified atom stereocenters. The van der Waals surface area contributed by atoms with Crippen molar-refractivity contribution >= 4 is 17.4 Å². The van der Waals surface area contributed by atoms with Gasteiger partial charge in [0.05, 0.1) is 4.92 Å². The average molecular weight is 267 g/mol. The summed E-state index contributed by atoms with van der Waals surface area (Å²) >= 11 is 0. The van der Waals surface area contributed by atoms with E-state index in [2.05, 4.69) is 10.6 Å². The number of aliphatic hydroxyl groups excluding tert-OH is 1. The SMILES string of the molecule is Cc1ccc(NC(=O)N[C@H](C)CCO)cc1[N+](=O)[O-]. The number of urea groups is 1. The number of aliphatic hydroxyl groups is 1. The number of nitrogens with zero attached hydrogens (tertiary/aromatic N) is 1. The second-order valence-electron chi connectivity index (χ2n) is 4.27. The van der Waals surface area contributed by atoms with E-state index in [1.165, 1.54) is 6.07 Å². The molecule has 0 fully saturated rings. The molecule has 0 saturated heterocycles. The van der Waals surface area contributed by atoms with E-state index in [0.717, 1.165) is 0 Å². The Hall–Kier alpha value is -2.15. The molecule has 1 aromatic carbocycles. The zero-order valence-corrected chi connectivity index (χ0v) is 10.8. The molecule has 2 amide bonds. The van der Waals surface area contributed by atoms with Crippen molar-refractivity contribution in [2.24, 2.45) is 0 Å². The Balaban J connectivity index is 2.69. The zero-order valence-electron chi connectivity index (χ0n) is 10.8. The van der Waals surface area contributed by atoms with E-state index in [-0.39, 0.29) is 18.3 Å². The Morgan fingerprint density at radius 1 is 1.53 bits per heavy atom. The lowest BCUT2D eigenvalue weighted by Gasteiger charge is -2.13. The molecular weight excluding hydrogens is 250 g/mol. The molecule has 7 nitrogen and oxygen atoms in total. The monoisotopic (exact) mass is 267 g/mol. The van der Waals surface area contributed by atoms with E-state index < -0.39 is 11.0 Å². The van der Waals surface area contributed by atoms with Crippen molar-refractivity contribution in [3.63, 3.8) is 0 Å². The molecule has 104 valence electrons. The van der Waals surface area contributed by atoms with E-state index in [1.54, 1.807) is 26.0 Å². The fourth-order valence-corrected chi connectivity index (χ4v) is 1.54. The standard InChI is InChI=1S/C12H17N3O4/c1-8-3-4-10(7-11(8)15(18)19)14-12(17)13-9(2)5-6-16/h3-4,7,9,16H,5-6H2,1-2H3,(H2,13,14,17)/t9-/m1/s1. The number of carbonyl (C=O) groups is 1. The van der Waals surface area contributed by atoms with Crippen molar-refractivity contribution in [1.82, 2.24) is 5.32 Å². The number of carbonyl (C=O) groups excluding carboxylic acids is 1. The van der Waals surface area contributed by atoms with Crippen LogP contribution in [0.5, 0.6) is 0 Å². The highest BCUT2D eigenvalue weighted by Crippen LogP contribution is 2.22. The number of anilines is 1. The quantitative estimate of drug-likeness (QED) is 0.558. The number of benzene rings is 1. The summed E-state index contributed by atoms with van der Waals surface area (Å²) in [7, 11) is 0. The maximum Gasteiger partial charge on any atom is 0.319 e. The van der Waals surface area contributed by atoms with Gasteiger partial charge >= 0.3 is 6.03 Å². The van der Waals surface area contributed by atoms with Crippen LogP contribution >= 0.6 is 0 Å². The molecule has 0 spiro atoms. The normalized spacial score (nSPS) is 11.7. The Bertz CT molecular complexity index is 476. The van der Waals surface area contributed by atoms with Gasteiger partial charge in [-0.2, -0.15) is 0 Å². The van der Waals surface area contributed by atoms with Gasteiger partial charge < -0.3 is 15.7 Å². The Morgan fingerprint density at radius 2 is 2.21 bits per heavy atom. The van der Waals surface area contributed by atoms with Crippen LogP contribution < -0.4 is 10.6 Å². The second-order valence-corrected chi connectivity index (χ2v) is 4.27. The average Bonchev–Trinajstić information content (AvgIpc) is 2.31. The smallest absolute Gasteiger partial charge is 0.319 e. The van der Waals surface area contributed by atoms with E-state index in [0.29, 0.717) is 17.7 Å². The minimum Gasteiger partial charge on any atom is -0.396 e.